The summed E-state index contributed by atoms with van der Waals surface area (Å²) in [7, 11) is 0. The Morgan fingerprint density at radius 3 is 2.80 bits per heavy atom. The smallest absolute Gasteiger partial charge is 0.266 e. The zero-order valence-electron chi connectivity index (χ0n) is 15.7. The van der Waals surface area contributed by atoms with Gasteiger partial charge in [0.15, 0.2) is 12.1 Å². The zero-order chi connectivity index (χ0) is 21.0. The first-order valence-electron chi connectivity index (χ1n) is 9.56. The first-order chi connectivity index (χ1) is 14.4. The van der Waals surface area contributed by atoms with Crippen LogP contribution in [0.1, 0.15) is 34.4 Å². The minimum Gasteiger partial charge on any atom is -0.391 e. The molecule has 0 aliphatic carbocycles. The standard InChI is InChI=1S/C21H19N3O6/c25-11-8-15(21(29)30-9-11)23-19(27)10-5-6-16-13(7-10)17(26)18-22-14-4-2-1-3-12(14)20(28)24(16)18/h1-7,11,15,19,21,23,25,27,29H,8-9H2/t11-,15+,19?,21?/m0/s1. The van der Waals surface area contributed by atoms with Gasteiger partial charge in [0.25, 0.3) is 5.56 Å². The summed E-state index contributed by atoms with van der Waals surface area (Å²) in [4.78, 5) is 30.2. The van der Waals surface area contributed by atoms with Crippen LogP contribution in [0.15, 0.2) is 47.3 Å². The zero-order valence-corrected chi connectivity index (χ0v) is 15.7. The number of fused-ring (bicyclic) bond motifs is 4. The first kappa shape index (κ1) is 19.0. The van der Waals surface area contributed by atoms with Crippen molar-refractivity contribution in [2.75, 3.05) is 6.61 Å². The molecule has 2 unspecified atom stereocenters. The number of nitrogens with zero attached hydrogens (tertiary/aromatic N) is 2. The first-order valence-corrected chi connectivity index (χ1v) is 9.56. The quantitative estimate of drug-likeness (QED) is 0.347. The summed E-state index contributed by atoms with van der Waals surface area (Å²) in [6, 6.07) is 10.8. The second-order valence-electron chi connectivity index (χ2n) is 7.49. The SMILES string of the molecule is O=C1c2cc(C(O)N[C@@H]3C[C@H](O)COC3O)ccc2-n2c1nc1ccccc1c2=O. The molecule has 9 heteroatoms. The Hall–Kier alpha value is -2.95. The number of aliphatic hydroxyl groups is 3. The van der Waals surface area contributed by atoms with Gasteiger partial charge in [-0.05, 0) is 36.2 Å². The number of aromatic nitrogens is 2. The number of nitrogens with one attached hydrogen (secondary N) is 1. The highest BCUT2D eigenvalue weighted by atomic mass is 16.6. The van der Waals surface area contributed by atoms with E-state index in [1.807, 2.05) is 0 Å². The number of hydrogen-bond donors (Lipinski definition) is 4. The Morgan fingerprint density at radius 1 is 1.17 bits per heavy atom. The lowest BCUT2D eigenvalue weighted by atomic mass is 10.0. The van der Waals surface area contributed by atoms with E-state index in [2.05, 4.69) is 10.3 Å². The molecule has 3 heterocycles. The van der Waals surface area contributed by atoms with E-state index < -0.39 is 30.4 Å². The largest absolute Gasteiger partial charge is 0.391 e. The third kappa shape index (κ3) is 2.95. The molecular formula is C21H19N3O6. The Kier molecular flexibility index (Phi) is 4.49. The van der Waals surface area contributed by atoms with Crippen LogP contribution < -0.4 is 10.9 Å². The van der Waals surface area contributed by atoms with Gasteiger partial charge in [0.2, 0.25) is 5.78 Å². The van der Waals surface area contributed by atoms with E-state index in [4.69, 9.17) is 4.74 Å². The third-order valence-electron chi connectivity index (χ3n) is 5.50. The van der Waals surface area contributed by atoms with E-state index in [-0.39, 0.29) is 30.0 Å². The minimum atomic E-state index is -1.22. The number of carbonyl (C=O) groups is 1. The van der Waals surface area contributed by atoms with Crippen molar-refractivity contribution in [3.8, 4) is 5.69 Å². The number of rotatable bonds is 3. The molecule has 1 saturated heterocycles. The second-order valence-corrected chi connectivity index (χ2v) is 7.49. The fourth-order valence-corrected chi connectivity index (χ4v) is 3.98. The molecular weight excluding hydrogens is 390 g/mol. The summed E-state index contributed by atoms with van der Waals surface area (Å²) in [5, 5.41) is 33.4. The molecule has 1 aromatic heterocycles. The molecule has 0 bridgehead atoms. The van der Waals surface area contributed by atoms with Gasteiger partial charge < -0.3 is 20.1 Å². The van der Waals surface area contributed by atoms with E-state index in [1.54, 1.807) is 36.4 Å². The van der Waals surface area contributed by atoms with Crippen LogP contribution in [-0.2, 0) is 4.74 Å². The van der Waals surface area contributed by atoms with Crippen LogP contribution in [0.5, 0.6) is 0 Å². The molecule has 0 saturated carbocycles. The summed E-state index contributed by atoms with van der Waals surface area (Å²) >= 11 is 0. The fraction of sp³-hybridized carbons (Fsp3) is 0.286. The molecule has 5 rings (SSSR count). The van der Waals surface area contributed by atoms with Crippen molar-refractivity contribution < 1.29 is 24.9 Å². The second kappa shape index (κ2) is 7.08. The molecule has 2 aliphatic heterocycles. The highest BCUT2D eigenvalue weighted by Gasteiger charge is 2.33. The molecule has 0 amide bonds. The van der Waals surface area contributed by atoms with Crippen LogP contribution in [0.4, 0.5) is 0 Å². The van der Waals surface area contributed by atoms with Gasteiger partial charge in [-0.1, -0.05) is 18.2 Å². The minimum absolute atomic E-state index is 0.0250. The number of carbonyl (C=O) groups excluding carboxylic acids is 1. The maximum Gasteiger partial charge on any atom is 0.266 e. The number of aliphatic hydroxyl groups excluding tert-OH is 3. The summed E-state index contributed by atoms with van der Waals surface area (Å²) in [6.45, 7) is 0.0250. The summed E-state index contributed by atoms with van der Waals surface area (Å²) in [5.41, 5.74) is 1.16. The lowest BCUT2D eigenvalue weighted by Crippen LogP contribution is -2.50. The predicted molar refractivity (Wildman–Crippen MR) is 105 cm³/mol. The lowest BCUT2D eigenvalue weighted by Gasteiger charge is -2.33. The highest BCUT2D eigenvalue weighted by molar-refractivity contribution is 6.13. The van der Waals surface area contributed by atoms with Crippen LogP contribution >= 0.6 is 0 Å². The van der Waals surface area contributed by atoms with Crippen LogP contribution in [0.3, 0.4) is 0 Å². The van der Waals surface area contributed by atoms with Crippen molar-refractivity contribution in [2.45, 2.75) is 31.1 Å². The van der Waals surface area contributed by atoms with Crippen LogP contribution in [-0.4, -0.2) is 55.7 Å². The van der Waals surface area contributed by atoms with Crippen LogP contribution in [0.2, 0.25) is 0 Å². The van der Waals surface area contributed by atoms with Gasteiger partial charge in [-0.25, -0.2) is 4.98 Å². The summed E-state index contributed by atoms with van der Waals surface area (Å²) in [6.07, 6.45) is -2.93. The average molecular weight is 409 g/mol. The van der Waals surface area contributed by atoms with Crippen LogP contribution in [0, 0.1) is 0 Å². The molecule has 1 fully saturated rings. The van der Waals surface area contributed by atoms with Gasteiger partial charge in [0.05, 0.1) is 40.9 Å². The monoisotopic (exact) mass is 409 g/mol. The Balaban J connectivity index is 1.50. The number of ether oxygens (including phenoxy) is 1. The van der Waals surface area contributed by atoms with Gasteiger partial charge in [-0.3, -0.25) is 19.5 Å². The molecule has 0 spiro atoms. The van der Waals surface area contributed by atoms with Gasteiger partial charge in [0.1, 0.15) is 6.23 Å². The highest BCUT2D eigenvalue weighted by Crippen LogP contribution is 2.29. The number of para-hydroxylation sites is 1. The Bertz CT molecular complexity index is 1220. The van der Waals surface area contributed by atoms with Crippen molar-refractivity contribution in [2.24, 2.45) is 0 Å². The molecule has 9 nitrogen and oxygen atoms in total. The molecule has 0 radical (unpaired) electrons. The third-order valence-corrected chi connectivity index (χ3v) is 5.50. The average Bonchev–Trinajstić information content (AvgIpc) is 3.02. The molecule has 3 aromatic rings. The maximum absolute atomic E-state index is 12.9. The Labute approximate surface area is 170 Å². The van der Waals surface area contributed by atoms with Crippen LogP contribution in [0.25, 0.3) is 16.6 Å². The van der Waals surface area contributed by atoms with Gasteiger partial charge in [-0.15, -0.1) is 0 Å². The molecule has 154 valence electrons. The molecule has 2 aliphatic rings. The lowest BCUT2D eigenvalue weighted by molar-refractivity contribution is -0.178. The van der Waals surface area contributed by atoms with Crippen molar-refractivity contribution in [1.29, 1.82) is 0 Å². The number of ketones is 1. The molecule has 30 heavy (non-hydrogen) atoms. The van der Waals surface area contributed by atoms with E-state index in [0.29, 0.717) is 22.2 Å². The van der Waals surface area contributed by atoms with Gasteiger partial charge in [-0.2, -0.15) is 0 Å². The van der Waals surface area contributed by atoms with E-state index in [1.165, 1.54) is 10.6 Å². The topological polar surface area (TPSA) is 134 Å². The number of hydrogen-bond acceptors (Lipinski definition) is 8. The van der Waals surface area contributed by atoms with Crippen molar-refractivity contribution in [3.05, 3.63) is 69.8 Å². The number of benzene rings is 2. The predicted octanol–water partition coefficient (Wildman–Crippen LogP) is -0.0212. The normalized spacial score (nSPS) is 24.0. The van der Waals surface area contributed by atoms with Gasteiger partial charge >= 0.3 is 0 Å². The van der Waals surface area contributed by atoms with E-state index in [9.17, 15) is 24.9 Å². The van der Waals surface area contributed by atoms with E-state index in [0.717, 1.165) is 0 Å². The maximum atomic E-state index is 12.9. The Morgan fingerprint density at radius 2 is 1.97 bits per heavy atom. The fourth-order valence-electron chi connectivity index (χ4n) is 3.98. The molecule has 4 N–H and O–H groups in total. The summed E-state index contributed by atoms with van der Waals surface area (Å²) < 4.78 is 6.35. The van der Waals surface area contributed by atoms with Crippen molar-refractivity contribution >= 4 is 16.7 Å². The molecule has 4 atom stereocenters. The molecule has 2 aromatic carbocycles. The van der Waals surface area contributed by atoms with Gasteiger partial charge in [0, 0.05) is 0 Å². The summed E-state index contributed by atoms with van der Waals surface area (Å²) in [5.74, 6) is -0.370. The van der Waals surface area contributed by atoms with Crippen molar-refractivity contribution in [1.82, 2.24) is 14.9 Å². The van der Waals surface area contributed by atoms with E-state index >= 15 is 0 Å². The van der Waals surface area contributed by atoms with Crippen molar-refractivity contribution in [3.63, 3.8) is 0 Å².